The molecule has 4 aliphatic rings. The van der Waals surface area contributed by atoms with Crippen molar-refractivity contribution in [1.82, 2.24) is 0 Å². The standard InChI is InChI=1S/C76H64B2N4/c1-45-11-25-55(26-12-45)79(56-27-13-46(2)14-28-56)74-71-73-72(75(80(57-29-15-47(3)16-30-57)58-31-17-48(4)18-32-58)76(74)81(59-33-19-49(5)20-34-59)60-35-21-50(6)22-36-60)78-66-38-24-52(8)40-62(66)64-42-54(10)44-68(70(64)78)82(73)67-43-53(9)41-63-61-39-51(7)23-37-65(61)77(71)69(63)67/h11-44H,1-10H3. The number of rotatable bonds is 9. The zero-order valence-electron chi connectivity index (χ0n) is 48.6. The van der Waals surface area contributed by atoms with Crippen molar-refractivity contribution in [2.45, 2.75) is 69.2 Å². The highest BCUT2D eigenvalue weighted by molar-refractivity contribution is 7.06. The maximum absolute atomic E-state index is 2.76. The van der Waals surface area contributed by atoms with Gasteiger partial charge in [-0.05, 0) is 209 Å². The van der Waals surface area contributed by atoms with E-state index in [2.05, 4.69) is 295 Å². The second kappa shape index (κ2) is 18.7. The second-order valence-corrected chi connectivity index (χ2v) is 24.1. The zero-order valence-corrected chi connectivity index (χ0v) is 48.6. The summed E-state index contributed by atoms with van der Waals surface area (Å²) in [6.07, 6.45) is 0. The molecule has 11 aromatic rings. The molecule has 0 N–H and O–H groups in total. The number of nitrogens with zero attached hydrogens (tertiary/aromatic N) is 4. The largest absolute Gasteiger partial charge is 0.312 e. The Kier molecular flexibility index (Phi) is 11.3. The third-order valence-electron chi connectivity index (χ3n) is 18.0. The molecule has 0 bridgehead atoms. The molecule has 0 unspecified atom stereocenters. The van der Waals surface area contributed by atoms with E-state index in [1.807, 2.05) is 0 Å². The van der Waals surface area contributed by atoms with E-state index in [-0.39, 0.29) is 13.4 Å². The molecule has 0 spiro atoms. The zero-order chi connectivity index (χ0) is 56.0. The number of benzene rings is 11. The first-order valence-corrected chi connectivity index (χ1v) is 29.1. The van der Waals surface area contributed by atoms with Gasteiger partial charge in [0.1, 0.15) is 0 Å². The van der Waals surface area contributed by atoms with Gasteiger partial charge in [0.15, 0.2) is 0 Å². The minimum absolute atomic E-state index is 0.151. The van der Waals surface area contributed by atoms with E-state index in [0.29, 0.717) is 0 Å². The molecule has 4 nitrogen and oxygen atoms in total. The predicted molar refractivity (Wildman–Crippen MR) is 353 cm³/mol. The lowest BCUT2D eigenvalue weighted by atomic mass is 9.31. The van der Waals surface area contributed by atoms with Gasteiger partial charge in [-0.25, -0.2) is 0 Å². The Labute approximate surface area is 484 Å². The van der Waals surface area contributed by atoms with Gasteiger partial charge in [0.05, 0.1) is 17.1 Å². The molecule has 6 heteroatoms. The van der Waals surface area contributed by atoms with E-state index < -0.39 is 0 Å². The Morgan fingerprint density at radius 1 is 0.244 bits per heavy atom. The third kappa shape index (κ3) is 7.60. The topological polar surface area (TPSA) is 13.0 Å². The average Bonchev–Trinajstić information content (AvgIpc) is 1.35. The first-order valence-electron chi connectivity index (χ1n) is 29.1. The second-order valence-electron chi connectivity index (χ2n) is 24.1. The number of aryl methyl sites for hydroxylation is 10. The van der Waals surface area contributed by atoms with Gasteiger partial charge in [-0.2, -0.15) is 0 Å². The fourth-order valence-corrected chi connectivity index (χ4v) is 14.1. The molecular weight excluding hydrogens is 990 g/mol. The predicted octanol–water partition coefficient (Wildman–Crippen LogP) is 16.3. The van der Waals surface area contributed by atoms with Crippen LogP contribution in [0.3, 0.4) is 0 Å². The van der Waals surface area contributed by atoms with Crippen molar-refractivity contribution >= 4 is 114 Å². The monoisotopic (exact) mass is 1050 g/mol. The lowest BCUT2D eigenvalue weighted by molar-refractivity contribution is 1.19. The molecule has 0 amide bonds. The van der Waals surface area contributed by atoms with Crippen LogP contribution in [0.4, 0.5) is 68.2 Å². The highest BCUT2D eigenvalue weighted by Gasteiger charge is 2.54. The van der Waals surface area contributed by atoms with Crippen LogP contribution in [0.5, 0.6) is 0 Å². The van der Waals surface area contributed by atoms with Crippen molar-refractivity contribution in [3.8, 4) is 22.3 Å². The van der Waals surface area contributed by atoms with Crippen LogP contribution >= 0.6 is 0 Å². The highest BCUT2D eigenvalue weighted by Crippen LogP contribution is 2.57. The van der Waals surface area contributed by atoms with Crippen LogP contribution < -0.4 is 52.4 Å². The van der Waals surface area contributed by atoms with Gasteiger partial charge in [-0.3, -0.25) is 0 Å². The number of fused-ring (bicyclic) bond motifs is 10. The van der Waals surface area contributed by atoms with E-state index in [1.165, 1.54) is 128 Å². The van der Waals surface area contributed by atoms with Crippen LogP contribution in [0.25, 0.3) is 22.3 Å². The summed E-state index contributed by atoms with van der Waals surface area (Å²) in [5.74, 6) is 0. The first-order chi connectivity index (χ1) is 39.8. The molecule has 0 saturated carbocycles. The number of hydrogen-bond donors (Lipinski definition) is 0. The summed E-state index contributed by atoms with van der Waals surface area (Å²) in [4.78, 5) is 10.7. The normalized spacial score (nSPS) is 12.7. The summed E-state index contributed by atoms with van der Waals surface area (Å²) >= 11 is 0. The van der Waals surface area contributed by atoms with Crippen molar-refractivity contribution in [1.29, 1.82) is 0 Å². The molecule has 4 aliphatic heterocycles. The van der Waals surface area contributed by atoms with Gasteiger partial charge in [0.2, 0.25) is 0 Å². The lowest BCUT2D eigenvalue weighted by Crippen LogP contribution is -2.64. The van der Waals surface area contributed by atoms with Gasteiger partial charge < -0.3 is 19.6 Å². The fourth-order valence-electron chi connectivity index (χ4n) is 14.1. The molecule has 0 atom stereocenters. The van der Waals surface area contributed by atoms with Gasteiger partial charge in [-0.1, -0.05) is 177 Å². The summed E-state index contributed by atoms with van der Waals surface area (Å²) in [5, 5.41) is 0. The molecule has 82 heavy (non-hydrogen) atoms. The first kappa shape index (κ1) is 49.8. The average molecular weight is 1050 g/mol. The van der Waals surface area contributed by atoms with Gasteiger partial charge in [0, 0.05) is 51.2 Å². The van der Waals surface area contributed by atoms with Gasteiger partial charge in [-0.15, -0.1) is 0 Å². The molecular formula is C76H64B2N4. The van der Waals surface area contributed by atoms with Crippen molar-refractivity contribution in [2.24, 2.45) is 0 Å². The third-order valence-corrected chi connectivity index (χ3v) is 18.0. The minimum atomic E-state index is -0.151. The Morgan fingerprint density at radius 2 is 0.500 bits per heavy atom. The molecule has 4 heterocycles. The van der Waals surface area contributed by atoms with Crippen LogP contribution in [0.1, 0.15) is 55.6 Å². The van der Waals surface area contributed by atoms with E-state index >= 15 is 0 Å². The maximum Gasteiger partial charge on any atom is 0.251 e. The van der Waals surface area contributed by atoms with E-state index in [1.54, 1.807) is 0 Å². The number of anilines is 12. The van der Waals surface area contributed by atoms with E-state index in [4.69, 9.17) is 0 Å². The maximum atomic E-state index is 2.76. The quantitative estimate of drug-likeness (QED) is 0.134. The summed E-state index contributed by atoms with van der Waals surface area (Å²) in [7, 11) is 0. The van der Waals surface area contributed by atoms with Crippen LogP contribution in [0, 0.1) is 69.2 Å². The highest BCUT2D eigenvalue weighted by atomic mass is 15.3. The van der Waals surface area contributed by atoms with Crippen LogP contribution in [-0.4, -0.2) is 13.4 Å². The SMILES string of the molecule is Cc1ccc(N(c2ccc(C)cc2)c2c3c4c(c(N(c5ccc(C)cc5)c5ccc(C)cc5)c2N(c2ccc(C)cc2)c2ccc(C)cc2)B2c5ccc(C)cc5-c5cc(C)cc(c52)N4c2cc(C)cc4c2B3c2ccc(C)cc2-4)cc1. The lowest BCUT2D eigenvalue weighted by Gasteiger charge is -2.49. The van der Waals surface area contributed by atoms with E-state index in [0.717, 1.165) is 51.2 Å². The smallest absolute Gasteiger partial charge is 0.251 e. The van der Waals surface area contributed by atoms with Crippen LogP contribution in [0.15, 0.2) is 206 Å². The summed E-state index contributed by atoms with van der Waals surface area (Å²) < 4.78 is 0. The molecule has 15 rings (SSSR count). The Balaban J connectivity index is 1.27. The summed E-state index contributed by atoms with van der Waals surface area (Å²) in [5.41, 5.74) is 39.2. The van der Waals surface area contributed by atoms with Gasteiger partial charge in [0.25, 0.3) is 13.4 Å². The molecule has 0 radical (unpaired) electrons. The summed E-state index contributed by atoms with van der Waals surface area (Å²) in [6, 6.07) is 80.1. The van der Waals surface area contributed by atoms with Crippen molar-refractivity contribution in [3.63, 3.8) is 0 Å². The van der Waals surface area contributed by atoms with E-state index in [9.17, 15) is 0 Å². The van der Waals surface area contributed by atoms with Crippen LogP contribution in [-0.2, 0) is 0 Å². The molecule has 394 valence electrons. The Morgan fingerprint density at radius 3 is 0.793 bits per heavy atom. The number of hydrogen-bond acceptors (Lipinski definition) is 4. The van der Waals surface area contributed by atoms with Crippen molar-refractivity contribution in [2.75, 3.05) is 19.6 Å². The molecule has 11 aromatic carbocycles. The molecule has 0 saturated heterocycles. The molecule has 0 aliphatic carbocycles. The van der Waals surface area contributed by atoms with Crippen molar-refractivity contribution < 1.29 is 0 Å². The Hall–Kier alpha value is -9.25. The fraction of sp³-hybridized carbons (Fsp3) is 0.132. The minimum Gasteiger partial charge on any atom is -0.312 e. The summed E-state index contributed by atoms with van der Waals surface area (Å²) in [6.45, 7) is 22.0. The van der Waals surface area contributed by atoms with Crippen LogP contribution in [0.2, 0.25) is 0 Å². The van der Waals surface area contributed by atoms with Crippen molar-refractivity contribution in [3.05, 3.63) is 262 Å². The molecule has 0 aromatic heterocycles. The Bertz CT molecular complexity index is 4060. The van der Waals surface area contributed by atoms with Gasteiger partial charge >= 0.3 is 0 Å². The molecule has 0 fully saturated rings.